The third-order valence-electron chi connectivity index (χ3n) is 3.55. The van der Waals surface area contributed by atoms with E-state index in [1.54, 1.807) is 42.5 Å². The van der Waals surface area contributed by atoms with Crippen LogP contribution in [0.25, 0.3) is 16.8 Å². The molecule has 25 heavy (non-hydrogen) atoms. The van der Waals surface area contributed by atoms with Crippen LogP contribution in [0.3, 0.4) is 0 Å². The van der Waals surface area contributed by atoms with E-state index < -0.39 is 11.9 Å². The van der Waals surface area contributed by atoms with Gasteiger partial charge < -0.3 is 21.9 Å². The van der Waals surface area contributed by atoms with Crippen LogP contribution in [0.15, 0.2) is 54.7 Å². The van der Waals surface area contributed by atoms with Crippen molar-refractivity contribution in [2.45, 2.75) is 0 Å². The summed E-state index contributed by atoms with van der Waals surface area (Å²) in [5, 5.41) is 16.3. The van der Waals surface area contributed by atoms with E-state index in [4.69, 9.17) is 11.5 Å². The maximum absolute atomic E-state index is 11.5. The van der Waals surface area contributed by atoms with E-state index >= 15 is 0 Å². The van der Waals surface area contributed by atoms with Gasteiger partial charge in [0.1, 0.15) is 5.75 Å². The molecule has 0 atom stereocenters. The molecule has 2 aromatic carbocycles. The topological polar surface area (TPSA) is 136 Å². The lowest BCUT2D eigenvalue weighted by Crippen LogP contribution is -2.22. The molecule has 3 rings (SSSR count). The first-order valence-corrected chi connectivity index (χ1v) is 7.30. The quantitative estimate of drug-likeness (QED) is 0.577. The van der Waals surface area contributed by atoms with Crippen molar-refractivity contribution in [1.82, 2.24) is 9.78 Å². The maximum Gasteiger partial charge on any atom is 0.316 e. The lowest BCUT2D eigenvalue weighted by molar-refractivity contribution is 0.0996. The predicted molar refractivity (Wildman–Crippen MR) is 92.4 cm³/mol. The zero-order valence-corrected chi connectivity index (χ0v) is 13.0. The van der Waals surface area contributed by atoms with Gasteiger partial charge in [-0.05, 0) is 23.8 Å². The minimum atomic E-state index is -0.822. The van der Waals surface area contributed by atoms with Crippen molar-refractivity contribution in [3.63, 3.8) is 0 Å². The van der Waals surface area contributed by atoms with Crippen LogP contribution in [-0.2, 0) is 0 Å². The second kappa shape index (κ2) is 6.36. The molecule has 0 aliphatic rings. The molecule has 0 saturated carbocycles. The van der Waals surface area contributed by atoms with Gasteiger partial charge in [0.2, 0.25) is 0 Å². The number of para-hydroxylation sites is 1. The number of hydrogen-bond donors (Lipinski definition) is 4. The number of carbonyl (C=O) groups excluding carboxylic acids is 2. The van der Waals surface area contributed by atoms with Crippen molar-refractivity contribution in [1.29, 1.82) is 0 Å². The van der Waals surface area contributed by atoms with Gasteiger partial charge in [0.25, 0.3) is 5.91 Å². The van der Waals surface area contributed by atoms with Crippen LogP contribution in [0.5, 0.6) is 5.75 Å². The third kappa shape index (κ3) is 3.27. The molecule has 1 heterocycles. The van der Waals surface area contributed by atoms with E-state index in [0.29, 0.717) is 11.3 Å². The molecule has 8 nitrogen and oxygen atoms in total. The minimum absolute atomic E-state index is 0.0939. The summed E-state index contributed by atoms with van der Waals surface area (Å²) in [7, 11) is 0. The normalized spacial score (nSPS) is 10.4. The van der Waals surface area contributed by atoms with Gasteiger partial charge in [-0.1, -0.05) is 30.3 Å². The molecule has 0 radical (unpaired) electrons. The van der Waals surface area contributed by atoms with Crippen LogP contribution in [-0.4, -0.2) is 26.8 Å². The van der Waals surface area contributed by atoms with Gasteiger partial charge in [-0.25, -0.2) is 9.48 Å². The smallest absolute Gasteiger partial charge is 0.316 e. The lowest BCUT2D eigenvalue weighted by atomic mass is 10.0. The Labute approximate surface area is 142 Å². The number of amides is 3. The van der Waals surface area contributed by atoms with Crippen molar-refractivity contribution < 1.29 is 14.7 Å². The molecule has 0 unspecified atom stereocenters. The molecule has 0 fully saturated rings. The van der Waals surface area contributed by atoms with Crippen molar-refractivity contribution >= 4 is 17.6 Å². The first-order chi connectivity index (χ1) is 12.0. The molecule has 0 bridgehead atoms. The molecular formula is C17H15N5O3. The van der Waals surface area contributed by atoms with Gasteiger partial charge in [0.05, 0.1) is 17.6 Å². The van der Waals surface area contributed by atoms with Crippen LogP contribution in [0.1, 0.15) is 10.5 Å². The van der Waals surface area contributed by atoms with Crippen LogP contribution in [0.4, 0.5) is 10.5 Å². The lowest BCUT2D eigenvalue weighted by Gasteiger charge is -2.06. The van der Waals surface area contributed by atoms with Crippen molar-refractivity contribution in [3.8, 4) is 22.6 Å². The number of primary amides is 2. The largest absolute Gasteiger partial charge is 0.507 e. The predicted octanol–water partition coefficient (Wildman–Crippen LogP) is 1.83. The number of nitrogens with two attached hydrogens (primary N) is 2. The molecule has 3 aromatic rings. The summed E-state index contributed by atoms with van der Waals surface area (Å²) >= 11 is 0. The Morgan fingerprint density at radius 2 is 1.72 bits per heavy atom. The number of urea groups is 1. The van der Waals surface area contributed by atoms with Crippen LogP contribution in [0, 0.1) is 0 Å². The van der Waals surface area contributed by atoms with Gasteiger partial charge in [0.15, 0.2) is 5.69 Å². The standard InChI is InChI=1S/C17H15N5O3/c18-16(24)15-13(20-17(19)25)9-22(21-15)11-7-5-10(6-8-11)12-3-1-2-4-14(12)23/h1-9,23H,(H2,18,24)(H3,19,20,25). The number of aromatic hydroxyl groups is 1. The van der Waals surface area contributed by atoms with Crippen molar-refractivity contribution in [2.24, 2.45) is 11.5 Å². The summed E-state index contributed by atoms with van der Waals surface area (Å²) in [4.78, 5) is 22.5. The summed E-state index contributed by atoms with van der Waals surface area (Å²) in [5.41, 5.74) is 12.5. The third-order valence-corrected chi connectivity index (χ3v) is 3.55. The number of benzene rings is 2. The minimum Gasteiger partial charge on any atom is -0.507 e. The maximum atomic E-state index is 11.5. The van der Waals surface area contributed by atoms with Crippen LogP contribution in [0.2, 0.25) is 0 Å². The average molecular weight is 337 g/mol. The van der Waals surface area contributed by atoms with E-state index in [2.05, 4.69) is 10.4 Å². The van der Waals surface area contributed by atoms with Gasteiger partial charge in [-0.3, -0.25) is 4.79 Å². The molecular weight excluding hydrogens is 322 g/mol. The first-order valence-electron chi connectivity index (χ1n) is 7.30. The number of rotatable bonds is 4. The number of aromatic nitrogens is 2. The van der Waals surface area contributed by atoms with Gasteiger partial charge >= 0.3 is 6.03 Å². The van der Waals surface area contributed by atoms with E-state index in [0.717, 1.165) is 5.56 Å². The number of phenols is 1. The monoisotopic (exact) mass is 337 g/mol. The van der Waals surface area contributed by atoms with Gasteiger partial charge in [0, 0.05) is 5.56 Å². The van der Waals surface area contributed by atoms with Crippen molar-refractivity contribution in [2.75, 3.05) is 5.32 Å². The molecule has 0 aliphatic heterocycles. The summed E-state index contributed by atoms with van der Waals surface area (Å²) in [6.45, 7) is 0. The van der Waals surface area contributed by atoms with Gasteiger partial charge in [-0.15, -0.1) is 0 Å². The van der Waals surface area contributed by atoms with E-state index in [9.17, 15) is 14.7 Å². The first kappa shape index (κ1) is 16.1. The van der Waals surface area contributed by atoms with E-state index in [1.165, 1.54) is 10.9 Å². The highest BCUT2D eigenvalue weighted by Crippen LogP contribution is 2.29. The Kier molecular flexibility index (Phi) is 4.09. The fourth-order valence-electron chi connectivity index (χ4n) is 2.42. The molecule has 126 valence electrons. The molecule has 0 saturated heterocycles. The summed E-state index contributed by atoms with van der Waals surface area (Å²) in [5.74, 6) is -0.605. The summed E-state index contributed by atoms with van der Waals surface area (Å²) < 4.78 is 1.40. The van der Waals surface area contributed by atoms with E-state index in [-0.39, 0.29) is 17.1 Å². The zero-order valence-electron chi connectivity index (χ0n) is 13.0. The second-order valence-corrected chi connectivity index (χ2v) is 5.25. The molecule has 0 aliphatic carbocycles. The average Bonchev–Trinajstić information content (AvgIpc) is 2.99. The summed E-state index contributed by atoms with van der Waals surface area (Å²) in [6, 6.07) is 13.3. The molecule has 6 N–H and O–H groups in total. The number of nitrogens with zero attached hydrogens (tertiary/aromatic N) is 2. The SMILES string of the molecule is NC(=O)Nc1cn(-c2ccc(-c3ccccc3O)cc2)nc1C(N)=O. The fourth-order valence-corrected chi connectivity index (χ4v) is 2.42. The molecule has 0 spiro atoms. The molecule has 3 amide bonds. The number of nitrogens with one attached hydrogen (secondary N) is 1. The second-order valence-electron chi connectivity index (χ2n) is 5.25. The van der Waals surface area contributed by atoms with Crippen molar-refractivity contribution in [3.05, 3.63) is 60.4 Å². The Bertz CT molecular complexity index is 947. The fraction of sp³-hybridized carbons (Fsp3) is 0. The number of hydrogen-bond acceptors (Lipinski definition) is 4. The Morgan fingerprint density at radius 3 is 2.32 bits per heavy atom. The summed E-state index contributed by atoms with van der Waals surface area (Å²) in [6.07, 6.45) is 1.44. The number of anilines is 1. The number of carbonyl (C=O) groups is 2. The molecule has 8 heteroatoms. The van der Waals surface area contributed by atoms with Crippen LogP contribution < -0.4 is 16.8 Å². The Balaban J connectivity index is 1.96. The van der Waals surface area contributed by atoms with Gasteiger partial charge in [-0.2, -0.15) is 5.10 Å². The zero-order chi connectivity index (χ0) is 18.0. The highest BCUT2D eigenvalue weighted by atomic mass is 16.3. The van der Waals surface area contributed by atoms with E-state index in [1.807, 2.05) is 6.07 Å². The Morgan fingerprint density at radius 1 is 1.04 bits per heavy atom. The number of phenolic OH excluding ortho intramolecular Hbond substituents is 1. The van der Waals surface area contributed by atoms with Crippen LogP contribution >= 0.6 is 0 Å². The Hall–Kier alpha value is -3.81. The molecule has 1 aromatic heterocycles. The highest BCUT2D eigenvalue weighted by molar-refractivity contribution is 6.00. The highest BCUT2D eigenvalue weighted by Gasteiger charge is 2.16.